The van der Waals surface area contributed by atoms with Gasteiger partial charge in [0, 0.05) is 18.9 Å². The quantitative estimate of drug-likeness (QED) is 0.438. The van der Waals surface area contributed by atoms with Gasteiger partial charge in [-0.15, -0.1) is 0 Å². The Morgan fingerprint density at radius 1 is 1.25 bits per heavy atom. The Labute approximate surface area is 118 Å². The minimum atomic E-state index is -5.49. The summed E-state index contributed by atoms with van der Waals surface area (Å²) in [5.41, 5.74) is -3.96. The van der Waals surface area contributed by atoms with Crippen LogP contribution in [-0.2, 0) is 9.53 Å². The molecule has 2 fully saturated rings. The maximum Gasteiger partial charge on any atom is 0.415 e. The van der Waals surface area contributed by atoms with Gasteiger partial charge in [-0.3, -0.25) is 10.1 Å². The number of fused-ring (bicyclic) bond motifs is 2. The van der Waals surface area contributed by atoms with Gasteiger partial charge in [-0.2, -0.15) is 26.3 Å². The standard InChI is InChI=1S/C10H10BrF6NO2/c1-3(19)20-7-5-2-4(6(7)11)8(18-5,9(12,13)14)10(15,16)17/h4-7,18H,2H2,1H3/t4-,5-,6-,7-/m0/s1. The summed E-state index contributed by atoms with van der Waals surface area (Å²) in [5.74, 6) is -2.53. The van der Waals surface area contributed by atoms with E-state index in [1.807, 2.05) is 0 Å². The number of alkyl halides is 7. The summed E-state index contributed by atoms with van der Waals surface area (Å²) in [7, 11) is 0. The number of nitrogens with one attached hydrogen (secondary N) is 1. The fourth-order valence-corrected chi connectivity index (χ4v) is 4.12. The van der Waals surface area contributed by atoms with Crippen LogP contribution in [0, 0.1) is 5.92 Å². The molecule has 0 spiro atoms. The summed E-state index contributed by atoms with van der Waals surface area (Å²) in [4.78, 5) is 9.65. The van der Waals surface area contributed by atoms with E-state index in [4.69, 9.17) is 4.74 Å². The highest BCUT2D eigenvalue weighted by Crippen LogP contribution is 2.59. The van der Waals surface area contributed by atoms with E-state index in [2.05, 4.69) is 15.9 Å². The Kier molecular flexibility index (Phi) is 3.56. The molecule has 116 valence electrons. The number of hydrogen-bond acceptors (Lipinski definition) is 3. The first-order chi connectivity index (χ1) is 8.92. The average Bonchev–Trinajstić information content (AvgIpc) is 2.74. The third kappa shape index (κ3) is 2.02. The van der Waals surface area contributed by atoms with E-state index in [9.17, 15) is 31.1 Å². The van der Waals surface area contributed by atoms with Crippen molar-refractivity contribution >= 4 is 21.9 Å². The second-order valence-corrected chi connectivity index (χ2v) is 5.97. The van der Waals surface area contributed by atoms with Crippen LogP contribution in [0.5, 0.6) is 0 Å². The third-order valence-electron chi connectivity index (χ3n) is 3.77. The zero-order valence-electron chi connectivity index (χ0n) is 9.98. The lowest BCUT2D eigenvalue weighted by Crippen LogP contribution is -2.73. The highest BCUT2D eigenvalue weighted by molar-refractivity contribution is 9.09. The van der Waals surface area contributed by atoms with Crippen LogP contribution in [0.4, 0.5) is 26.3 Å². The first-order valence-electron chi connectivity index (χ1n) is 5.64. The minimum absolute atomic E-state index is 0.368. The van der Waals surface area contributed by atoms with Crippen LogP contribution in [0.2, 0.25) is 0 Å². The van der Waals surface area contributed by atoms with Crippen molar-refractivity contribution in [2.45, 2.75) is 48.2 Å². The number of hydrogen-bond donors (Lipinski definition) is 1. The Morgan fingerprint density at radius 3 is 2.10 bits per heavy atom. The van der Waals surface area contributed by atoms with Crippen molar-refractivity contribution in [1.82, 2.24) is 5.32 Å². The normalized spacial score (nSPS) is 36.2. The van der Waals surface area contributed by atoms with Crippen LogP contribution >= 0.6 is 15.9 Å². The third-order valence-corrected chi connectivity index (χ3v) is 4.93. The molecule has 1 aliphatic carbocycles. The number of esters is 1. The molecule has 0 unspecified atom stereocenters. The summed E-state index contributed by atoms with van der Waals surface area (Å²) in [5, 5.41) is 1.61. The predicted molar refractivity (Wildman–Crippen MR) is 58.1 cm³/mol. The van der Waals surface area contributed by atoms with Crippen molar-refractivity contribution in [3.8, 4) is 0 Å². The number of halogens is 7. The largest absolute Gasteiger partial charge is 0.460 e. The van der Waals surface area contributed by atoms with Crippen LogP contribution in [0.15, 0.2) is 0 Å². The van der Waals surface area contributed by atoms with Gasteiger partial charge in [-0.05, 0) is 6.42 Å². The first-order valence-corrected chi connectivity index (χ1v) is 6.56. The van der Waals surface area contributed by atoms with Crippen LogP contribution in [0.1, 0.15) is 13.3 Å². The zero-order valence-corrected chi connectivity index (χ0v) is 11.6. The average molecular weight is 370 g/mol. The highest BCUT2D eigenvalue weighted by Gasteiger charge is 2.81. The fourth-order valence-electron chi connectivity index (χ4n) is 3.03. The molecule has 0 aromatic carbocycles. The van der Waals surface area contributed by atoms with E-state index < -0.39 is 46.8 Å². The number of ether oxygens (including phenoxy) is 1. The maximum absolute atomic E-state index is 13.0. The van der Waals surface area contributed by atoms with Gasteiger partial charge < -0.3 is 4.74 Å². The summed E-state index contributed by atoms with van der Waals surface area (Å²) in [6.07, 6.45) is -12.4. The molecular weight excluding hydrogens is 360 g/mol. The van der Waals surface area contributed by atoms with Crippen LogP contribution in [0.3, 0.4) is 0 Å². The fraction of sp³-hybridized carbons (Fsp3) is 0.900. The molecule has 1 aliphatic heterocycles. The SMILES string of the molecule is CC(=O)O[C@@H]1[C@@H](Br)[C@@H]2C[C@@H]1NC2(C(F)(F)F)C(F)(F)F. The predicted octanol–water partition coefficient (Wildman–Crippen LogP) is 2.54. The van der Waals surface area contributed by atoms with Gasteiger partial charge >= 0.3 is 18.3 Å². The molecule has 1 saturated heterocycles. The minimum Gasteiger partial charge on any atom is -0.460 e. The molecule has 0 amide bonds. The molecule has 1 N–H and O–H groups in total. The molecule has 10 heteroatoms. The van der Waals surface area contributed by atoms with Gasteiger partial charge in [0.2, 0.25) is 5.54 Å². The van der Waals surface area contributed by atoms with Crippen LogP contribution in [-0.4, -0.2) is 40.8 Å². The molecule has 2 rings (SSSR count). The molecule has 1 saturated carbocycles. The van der Waals surface area contributed by atoms with Crippen molar-refractivity contribution in [1.29, 1.82) is 0 Å². The molecule has 0 aromatic rings. The second kappa shape index (κ2) is 4.49. The molecule has 3 nitrogen and oxygen atoms in total. The van der Waals surface area contributed by atoms with Crippen molar-refractivity contribution in [2.75, 3.05) is 0 Å². The van der Waals surface area contributed by atoms with E-state index in [1.165, 1.54) is 0 Å². The molecule has 0 radical (unpaired) electrons. The van der Waals surface area contributed by atoms with Crippen molar-refractivity contribution in [3.05, 3.63) is 0 Å². The van der Waals surface area contributed by atoms with E-state index in [1.54, 1.807) is 5.32 Å². The first kappa shape index (κ1) is 15.9. The second-order valence-electron chi connectivity index (χ2n) is 4.92. The van der Waals surface area contributed by atoms with E-state index in [-0.39, 0.29) is 6.42 Å². The smallest absolute Gasteiger partial charge is 0.415 e. The van der Waals surface area contributed by atoms with E-state index >= 15 is 0 Å². The van der Waals surface area contributed by atoms with Crippen molar-refractivity contribution < 1.29 is 35.9 Å². The molecule has 20 heavy (non-hydrogen) atoms. The van der Waals surface area contributed by atoms with Gasteiger partial charge in [0.1, 0.15) is 6.10 Å². The van der Waals surface area contributed by atoms with Gasteiger partial charge in [0.25, 0.3) is 0 Å². The van der Waals surface area contributed by atoms with E-state index in [0.29, 0.717) is 0 Å². The molecule has 1 heterocycles. The zero-order chi connectivity index (χ0) is 15.5. The van der Waals surface area contributed by atoms with Gasteiger partial charge in [0.15, 0.2) is 0 Å². The summed E-state index contributed by atoms with van der Waals surface area (Å²) >= 11 is 2.83. The Bertz CT molecular complexity index is 407. The van der Waals surface area contributed by atoms with Crippen molar-refractivity contribution in [3.63, 3.8) is 0 Å². The van der Waals surface area contributed by atoms with E-state index in [0.717, 1.165) is 6.92 Å². The molecule has 0 aromatic heterocycles. The lowest BCUT2D eigenvalue weighted by atomic mass is 9.82. The number of rotatable bonds is 1. The number of piperidine rings is 1. The topological polar surface area (TPSA) is 38.3 Å². The van der Waals surface area contributed by atoms with Crippen LogP contribution < -0.4 is 5.32 Å². The highest BCUT2D eigenvalue weighted by atomic mass is 79.9. The summed E-state index contributed by atoms with van der Waals surface area (Å²) in [6, 6.07) is -1.18. The van der Waals surface area contributed by atoms with Crippen LogP contribution in [0.25, 0.3) is 0 Å². The number of carbonyl (C=O) groups excluding carboxylic acids is 1. The maximum atomic E-state index is 13.0. The monoisotopic (exact) mass is 369 g/mol. The Morgan fingerprint density at radius 2 is 1.75 bits per heavy atom. The van der Waals surface area contributed by atoms with Crippen molar-refractivity contribution in [2.24, 2.45) is 5.92 Å². The molecular formula is C10H10BrF6NO2. The molecule has 4 atom stereocenters. The molecule has 2 bridgehead atoms. The van der Waals surface area contributed by atoms with Gasteiger partial charge in [0.05, 0.1) is 4.83 Å². The summed E-state index contributed by atoms with van der Waals surface area (Å²) < 4.78 is 82.9. The summed E-state index contributed by atoms with van der Waals surface area (Å²) in [6.45, 7) is 1.05. The van der Waals surface area contributed by atoms with Gasteiger partial charge in [-0.1, -0.05) is 15.9 Å². The Balaban J connectivity index is 2.37. The lowest BCUT2D eigenvalue weighted by molar-refractivity contribution is -0.320. The number of carbonyl (C=O) groups is 1. The van der Waals surface area contributed by atoms with Gasteiger partial charge in [-0.25, -0.2) is 0 Å². The Hall–Kier alpha value is -0.510. The molecule has 2 aliphatic rings. The lowest BCUT2D eigenvalue weighted by Gasteiger charge is -2.44.